The maximum atomic E-state index is 6.62. The third-order valence-electron chi connectivity index (χ3n) is 3.13. The molecule has 1 heterocycles. The lowest BCUT2D eigenvalue weighted by Gasteiger charge is -2.16. The van der Waals surface area contributed by atoms with Crippen molar-refractivity contribution in [1.29, 1.82) is 0 Å². The molecule has 0 aliphatic heterocycles. The highest BCUT2D eigenvalue weighted by Gasteiger charge is 2.20. The molecule has 2 aromatic rings. The van der Waals surface area contributed by atoms with Crippen LogP contribution in [0.15, 0.2) is 30.3 Å². The molecule has 0 aliphatic carbocycles. The predicted molar refractivity (Wildman–Crippen MR) is 86.9 cm³/mol. The number of hydrogen-bond donors (Lipinski definition) is 0. The molecule has 0 bridgehead atoms. The van der Waals surface area contributed by atoms with Crippen molar-refractivity contribution in [3.63, 3.8) is 0 Å². The second kappa shape index (κ2) is 5.47. The molecule has 0 amide bonds. The van der Waals surface area contributed by atoms with Gasteiger partial charge in [0.1, 0.15) is 0 Å². The summed E-state index contributed by atoms with van der Waals surface area (Å²) in [4.78, 5) is 2.53. The van der Waals surface area contributed by atoms with Crippen molar-refractivity contribution in [2.24, 2.45) is 0 Å². The van der Waals surface area contributed by atoms with Crippen molar-refractivity contribution in [1.82, 2.24) is 0 Å². The highest BCUT2D eigenvalue weighted by Crippen LogP contribution is 2.39. The number of benzene rings is 1. The van der Waals surface area contributed by atoms with Gasteiger partial charge in [-0.05, 0) is 47.7 Å². The summed E-state index contributed by atoms with van der Waals surface area (Å²) in [5.74, 6) is 0. The van der Waals surface area contributed by atoms with Gasteiger partial charge in [0.15, 0.2) is 0 Å². The maximum absolute atomic E-state index is 6.62. The third-order valence-corrected chi connectivity index (χ3v) is 5.54. The van der Waals surface area contributed by atoms with E-state index < -0.39 is 0 Å². The van der Waals surface area contributed by atoms with Gasteiger partial charge in [0.25, 0.3) is 0 Å². The summed E-state index contributed by atoms with van der Waals surface area (Å²) in [6.45, 7) is 8.72. The van der Waals surface area contributed by atoms with Crippen molar-refractivity contribution in [3.05, 3.63) is 56.2 Å². The summed E-state index contributed by atoms with van der Waals surface area (Å²) < 4.78 is 0. The van der Waals surface area contributed by atoms with Gasteiger partial charge in [-0.3, -0.25) is 0 Å². The summed E-state index contributed by atoms with van der Waals surface area (Å²) >= 11 is 14.5. The van der Waals surface area contributed by atoms with Crippen LogP contribution in [0.1, 0.15) is 47.0 Å². The third kappa shape index (κ3) is 3.34. The van der Waals surface area contributed by atoms with Gasteiger partial charge in [-0.15, -0.1) is 22.9 Å². The van der Waals surface area contributed by atoms with Gasteiger partial charge in [0.05, 0.1) is 5.38 Å². The molecule has 1 unspecified atom stereocenters. The van der Waals surface area contributed by atoms with Crippen LogP contribution in [-0.2, 0) is 5.41 Å². The fraction of sp³-hybridized carbons (Fsp3) is 0.375. The van der Waals surface area contributed by atoms with Gasteiger partial charge < -0.3 is 0 Å². The zero-order valence-corrected chi connectivity index (χ0v) is 14.0. The lowest BCUT2D eigenvalue weighted by molar-refractivity contribution is 0.604. The number of alkyl halides is 1. The van der Waals surface area contributed by atoms with Crippen LogP contribution in [0, 0.1) is 6.92 Å². The average Bonchev–Trinajstić information content (AvgIpc) is 2.80. The van der Waals surface area contributed by atoms with Crippen LogP contribution in [-0.4, -0.2) is 0 Å². The molecule has 0 saturated carbocycles. The van der Waals surface area contributed by atoms with Crippen LogP contribution < -0.4 is 0 Å². The second-order valence-corrected chi connectivity index (χ2v) is 7.80. The van der Waals surface area contributed by atoms with Crippen LogP contribution in [0.2, 0.25) is 5.02 Å². The largest absolute Gasteiger partial charge is 0.143 e. The minimum atomic E-state index is -0.125. The smallest absolute Gasteiger partial charge is 0.0930 e. The zero-order valence-electron chi connectivity index (χ0n) is 11.6. The van der Waals surface area contributed by atoms with E-state index in [4.69, 9.17) is 23.2 Å². The van der Waals surface area contributed by atoms with Gasteiger partial charge in [0.2, 0.25) is 0 Å². The minimum Gasteiger partial charge on any atom is -0.143 e. The van der Waals surface area contributed by atoms with E-state index in [9.17, 15) is 0 Å². The summed E-state index contributed by atoms with van der Waals surface area (Å²) in [6, 6.07) is 10.2. The molecule has 0 spiro atoms. The minimum absolute atomic E-state index is 0.125. The van der Waals surface area contributed by atoms with E-state index in [0.717, 1.165) is 10.6 Å². The molecule has 0 nitrogen and oxygen atoms in total. The summed E-state index contributed by atoms with van der Waals surface area (Å²) in [7, 11) is 0. The van der Waals surface area contributed by atoms with Crippen molar-refractivity contribution in [2.75, 3.05) is 0 Å². The number of aryl methyl sites for hydroxylation is 1. The van der Waals surface area contributed by atoms with Crippen molar-refractivity contribution in [3.8, 4) is 0 Å². The first-order chi connectivity index (χ1) is 8.79. The Bertz CT molecular complexity index is 579. The van der Waals surface area contributed by atoms with Crippen LogP contribution in [0.4, 0.5) is 0 Å². The van der Waals surface area contributed by atoms with E-state index in [-0.39, 0.29) is 10.8 Å². The Labute approximate surface area is 129 Å². The Kier molecular flexibility index (Phi) is 4.29. The molecule has 102 valence electrons. The monoisotopic (exact) mass is 312 g/mol. The molecule has 0 fully saturated rings. The lowest BCUT2D eigenvalue weighted by atomic mass is 9.95. The fourth-order valence-electron chi connectivity index (χ4n) is 1.93. The van der Waals surface area contributed by atoms with E-state index in [1.54, 1.807) is 11.3 Å². The average molecular weight is 313 g/mol. The molecule has 0 aliphatic rings. The first-order valence-corrected chi connectivity index (χ1v) is 7.92. The molecule has 1 atom stereocenters. The number of hydrogen-bond acceptors (Lipinski definition) is 1. The molecule has 0 N–H and O–H groups in total. The van der Waals surface area contributed by atoms with Crippen LogP contribution in [0.3, 0.4) is 0 Å². The Balaban J connectivity index is 2.36. The van der Waals surface area contributed by atoms with E-state index in [1.165, 1.54) is 15.3 Å². The molecule has 0 radical (unpaired) electrons. The zero-order chi connectivity index (χ0) is 14.2. The number of thiophene rings is 1. The molecule has 0 saturated heterocycles. The van der Waals surface area contributed by atoms with Gasteiger partial charge in [-0.2, -0.15) is 0 Å². The van der Waals surface area contributed by atoms with Crippen molar-refractivity contribution >= 4 is 34.5 Å². The SMILES string of the molecule is Cc1ccc(Cl)cc1C(Cl)c1ccc(C(C)(C)C)s1. The van der Waals surface area contributed by atoms with Gasteiger partial charge in [0, 0.05) is 14.8 Å². The van der Waals surface area contributed by atoms with Gasteiger partial charge >= 0.3 is 0 Å². The number of rotatable bonds is 2. The molecular weight excluding hydrogens is 295 g/mol. The Hall–Kier alpha value is -0.500. The van der Waals surface area contributed by atoms with E-state index in [2.05, 4.69) is 39.8 Å². The fourth-order valence-corrected chi connectivity index (χ4v) is 3.61. The normalized spacial score (nSPS) is 13.6. The standard InChI is InChI=1S/C16H18Cl2S/c1-10-5-6-11(17)9-12(10)15(18)13-7-8-14(19-13)16(2,3)4/h5-9,15H,1-4H3. The highest BCUT2D eigenvalue weighted by molar-refractivity contribution is 7.12. The summed E-state index contributed by atoms with van der Waals surface area (Å²) in [6.07, 6.45) is 0. The first kappa shape index (κ1) is 14.9. The Morgan fingerprint density at radius 2 is 1.79 bits per heavy atom. The lowest BCUT2D eigenvalue weighted by Crippen LogP contribution is -2.07. The predicted octanol–water partition coefficient (Wildman–Crippen LogP) is 6.34. The van der Waals surface area contributed by atoms with Gasteiger partial charge in [-0.1, -0.05) is 38.4 Å². The summed E-state index contributed by atoms with van der Waals surface area (Å²) in [5.41, 5.74) is 2.44. The van der Waals surface area contributed by atoms with Crippen molar-refractivity contribution < 1.29 is 0 Å². The Morgan fingerprint density at radius 3 is 2.37 bits per heavy atom. The topological polar surface area (TPSA) is 0 Å². The molecule has 3 heteroatoms. The second-order valence-electron chi connectivity index (χ2n) is 5.82. The summed E-state index contributed by atoms with van der Waals surface area (Å²) in [5, 5.41) is 0.610. The molecular formula is C16H18Cl2S. The highest BCUT2D eigenvalue weighted by atomic mass is 35.5. The molecule has 1 aromatic carbocycles. The van der Waals surface area contributed by atoms with Crippen LogP contribution in [0.25, 0.3) is 0 Å². The molecule has 19 heavy (non-hydrogen) atoms. The van der Waals surface area contributed by atoms with Crippen molar-refractivity contribution in [2.45, 2.75) is 38.5 Å². The quantitative estimate of drug-likeness (QED) is 0.568. The Morgan fingerprint density at radius 1 is 1.11 bits per heavy atom. The molecule has 1 aromatic heterocycles. The van der Waals surface area contributed by atoms with E-state index in [1.807, 2.05) is 18.2 Å². The molecule has 2 rings (SSSR count). The van der Waals surface area contributed by atoms with E-state index >= 15 is 0 Å². The number of halogens is 2. The van der Waals surface area contributed by atoms with Crippen LogP contribution >= 0.6 is 34.5 Å². The maximum Gasteiger partial charge on any atom is 0.0930 e. The van der Waals surface area contributed by atoms with E-state index in [0.29, 0.717) is 0 Å². The first-order valence-electron chi connectivity index (χ1n) is 6.29. The van der Waals surface area contributed by atoms with Crippen LogP contribution in [0.5, 0.6) is 0 Å². The van der Waals surface area contributed by atoms with Gasteiger partial charge in [-0.25, -0.2) is 0 Å².